The molecule has 10 heteroatoms. The van der Waals surface area contributed by atoms with Crippen molar-refractivity contribution in [1.82, 2.24) is 4.72 Å². The number of sulfonamides is 1. The molecule has 3 aromatic rings. The first kappa shape index (κ1) is 24.9. The van der Waals surface area contributed by atoms with Gasteiger partial charge in [0.1, 0.15) is 6.04 Å². The van der Waals surface area contributed by atoms with Crippen molar-refractivity contribution in [2.75, 3.05) is 19.5 Å². The molecule has 0 saturated carbocycles. The molecule has 1 atom stereocenters. The summed E-state index contributed by atoms with van der Waals surface area (Å²) in [6, 6.07) is 16.7. The molecule has 7 nitrogen and oxygen atoms in total. The van der Waals surface area contributed by atoms with Gasteiger partial charge in [0.15, 0.2) is 11.5 Å². The van der Waals surface area contributed by atoms with Crippen LogP contribution in [0.4, 0.5) is 5.69 Å². The second-order valence-electron chi connectivity index (χ2n) is 6.99. The van der Waals surface area contributed by atoms with Gasteiger partial charge in [0.2, 0.25) is 15.9 Å². The van der Waals surface area contributed by atoms with E-state index in [9.17, 15) is 13.2 Å². The lowest BCUT2D eigenvalue weighted by Gasteiger charge is -2.20. The number of hydrogen-bond acceptors (Lipinski definition) is 5. The van der Waals surface area contributed by atoms with Crippen LogP contribution in [0.5, 0.6) is 11.5 Å². The Morgan fingerprint density at radius 1 is 0.939 bits per heavy atom. The number of rotatable bonds is 9. The molecule has 174 valence electrons. The average molecular weight is 509 g/mol. The number of nitrogens with one attached hydrogen (secondary N) is 2. The minimum atomic E-state index is -4.09. The fraction of sp³-hybridized carbons (Fsp3) is 0.174. The van der Waals surface area contributed by atoms with E-state index in [1.54, 1.807) is 24.3 Å². The van der Waals surface area contributed by atoms with Crippen LogP contribution in [0.25, 0.3) is 0 Å². The van der Waals surface area contributed by atoms with E-state index in [4.69, 9.17) is 32.7 Å². The summed E-state index contributed by atoms with van der Waals surface area (Å²) in [6.07, 6.45) is 0.115. The summed E-state index contributed by atoms with van der Waals surface area (Å²) in [5.74, 6) is 0.0527. The molecule has 0 aliphatic rings. The van der Waals surface area contributed by atoms with E-state index < -0.39 is 22.0 Å². The molecule has 33 heavy (non-hydrogen) atoms. The molecular formula is C23H22Cl2N2O5S. The first-order chi connectivity index (χ1) is 15.7. The first-order valence-electron chi connectivity index (χ1n) is 9.77. The van der Waals surface area contributed by atoms with Crippen LogP contribution in [-0.4, -0.2) is 34.6 Å². The number of ether oxygens (including phenoxy) is 2. The van der Waals surface area contributed by atoms with E-state index in [2.05, 4.69) is 10.0 Å². The second kappa shape index (κ2) is 10.9. The Labute approximate surface area is 202 Å². The highest BCUT2D eigenvalue weighted by molar-refractivity contribution is 7.89. The first-order valence-corrected chi connectivity index (χ1v) is 12.0. The maximum atomic E-state index is 13.1. The average Bonchev–Trinajstić information content (AvgIpc) is 2.80. The Bertz CT molecular complexity index is 1240. The van der Waals surface area contributed by atoms with Crippen LogP contribution in [0.15, 0.2) is 71.6 Å². The van der Waals surface area contributed by atoms with Gasteiger partial charge in [-0.25, -0.2) is 8.42 Å². The largest absolute Gasteiger partial charge is 0.493 e. The maximum absolute atomic E-state index is 13.1. The Morgan fingerprint density at radius 3 is 2.27 bits per heavy atom. The van der Waals surface area contributed by atoms with E-state index in [-0.39, 0.29) is 22.1 Å². The van der Waals surface area contributed by atoms with Crippen molar-refractivity contribution in [2.45, 2.75) is 17.4 Å². The third-order valence-electron chi connectivity index (χ3n) is 4.75. The lowest BCUT2D eigenvalue weighted by molar-refractivity contribution is -0.117. The van der Waals surface area contributed by atoms with Gasteiger partial charge >= 0.3 is 0 Å². The zero-order valence-electron chi connectivity index (χ0n) is 17.8. The number of carbonyl (C=O) groups is 1. The number of carbonyl (C=O) groups excluding carboxylic acids is 1. The number of methoxy groups -OCH3 is 2. The molecule has 0 saturated heterocycles. The fourth-order valence-electron chi connectivity index (χ4n) is 3.09. The van der Waals surface area contributed by atoms with Crippen molar-refractivity contribution < 1.29 is 22.7 Å². The highest BCUT2D eigenvalue weighted by atomic mass is 35.5. The molecule has 3 rings (SSSR count). The van der Waals surface area contributed by atoms with Gasteiger partial charge in [-0.05, 0) is 42.3 Å². The van der Waals surface area contributed by atoms with Gasteiger partial charge in [-0.1, -0.05) is 53.5 Å². The topological polar surface area (TPSA) is 93.7 Å². The lowest BCUT2D eigenvalue weighted by atomic mass is 10.1. The highest BCUT2D eigenvalue weighted by Gasteiger charge is 2.27. The number of halogens is 2. The summed E-state index contributed by atoms with van der Waals surface area (Å²) >= 11 is 12.1. The standard InChI is InChI=1S/C23H22Cl2N2O5S/c1-31-21-11-9-17(14-22(21)32-2)33(29,30)27-20(12-15-6-4-3-5-7-15)23(28)26-19-10-8-16(24)13-18(19)25/h3-11,13-14,20,27H,12H2,1-2H3,(H,26,28)/t20-/m1/s1. The van der Waals surface area contributed by atoms with Crippen LogP contribution >= 0.6 is 23.2 Å². The molecule has 0 bridgehead atoms. The van der Waals surface area contributed by atoms with Gasteiger partial charge in [-0.2, -0.15) is 4.72 Å². The molecule has 0 fully saturated rings. The van der Waals surface area contributed by atoms with Gasteiger partial charge in [0, 0.05) is 11.1 Å². The highest BCUT2D eigenvalue weighted by Crippen LogP contribution is 2.30. The second-order valence-corrected chi connectivity index (χ2v) is 9.55. The Morgan fingerprint density at radius 2 is 1.64 bits per heavy atom. The molecular weight excluding hydrogens is 487 g/mol. The van der Waals surface area contributed by atoms with E-state index in [1.165, 1.54) is 38.5 Å². The zero-order valence-corrected chi connectivity index (χ0v) is 20.2. The van der Waals surface area contributed by atoms with E-state index >= 15 is 0 Å². The predicted molar refractivity (Wildman–Crippen MR) is 129 cm³/mol. The van der Waals surface area contributed by atoms with Crippen LogP contribution in [0.1, 0.15) is 5.56 Å². The van der Waals surface area contributed by atoms with E-state index in [1.807, 2.05) is 18.2 Å². The molecule has 0 aromatic heterocycles. The molecule has 0 aliphatic heterocycles. The summed E-state index contributed by atoms with van der Waals surface area (Å²) in [7, 11) is -1.24. The normalized spacial score (nSPS) is 12.1. The minimum absolute atomic E-state index is 0.0736. The lowest BCUT2D eigenvalue weighted by Crippen LogP contribution is -2.45. The Kier molecular flexibility index (Phi) is 8.20. The summed E-state index contributed by atoms with van der Waals surface area (Å²) in [5, 5.41) is 3.32. The Hall–Kier alpha value is -2.78. The smallest absolute Gasteiger partial charge is 0.242 e. The summed E-state index contributed by atoms with van der Waals surface area (Å²) in [5.41, 5.74) is 1.09. The SMILES string of the molecule is COc1ccc(S(=O)(=O)N[C@H](Cc2ccccc2)C(=O)Nc2ccc(Cl)cc2Cl)cc1OC. The van der Waals surface area contributed by atoms with Gasteiger partial charge in [-0.15, -0.1) is 0 Å². The van der Waals surface area contributed by atoms with Crippen molar-refractivity contribution in [1.29, 1.82) is 0 Å². The molecule has 0 radical (unpaired) electrons. The van der Waals surface area contributed by atoms with Crippen LogP contribution in [0, 0.1) is 0 Å². The van der Waals surface area contributed by atoms with Crippen molar-refractivity contribution in [3.63, 3.8) is 0 Å². The van der Waals surface area contributed by atoms with Crippen molar-refractivity contribution in [2.24, 2.45) is 0 Å². The molecule has 0 spiro atoms. The van der Waals surface area contributed by atoms with E-state index in [0.29, 0.717) is 16.5 Å². The Balaban J connectivity index is 1.91. The molecule has 2 N–H and O–H groups in total. The molecule has 1 amide bonds. The van der Waals surface area contributed by atoms with Crippen molar-refractivity contribution >= 4 is 44.8 Å². The van der Waals surface area contributed by atoms with Gasteiger partial charge in [0.25, 0.3) is 0 Å². The maximum Gasteiger partial charge on any atom is 0.242 e. The monoisotopic (exact) mass is 508 g/mol. The van der Waals surface area contributed by atoms with E-state index in [0.717, 1.165) is 5.56 Å². The molecule has 3 aromatic carbocycles. The summed E-state index contributed by atoms with van der Waals surface area (Å²) in [4.78, 5) is 13.0. The van der Waals surface area contributed by atoms with Crippen LogP contribution < -0.4 is 19.5 Å². The van der Waals surface area contributed by atoms with Gasteiger partial charge in [0.05, 0.1) is 29.8 Å². The van der Waals surface area contributed by atoms with Crippen LogP contribution in [-0.2, 0) is 21.2 Å². The van der Waals surface area contributed by atoms with Crippen LogP contribution in [0.2, 0.25) is 10.0 Å². The minimum Gasteiger partial charge on any atom is -0.493 e. The number of benzene rings is 3. The molecule has 0 aliphatic carbocycles. The third kappa shape index (κ3) is 6.39. The van der Waals surface area contributed by atoms with Crippen molar-refractivity contribution in [3.05, 3.63) is 82.3 Å². The number of amides is 1. The van der Waals surface area contributed by atoms with Gasteiger partial charge < -0.3 is 14.8 Å². The number of anilines is 1. The quantitative estimate of drug-likeness (QED) is 0.442. The molecule has 0 unspecified atom stereocenters. The van der Waals surface area contributed by atoms with Gasteiger partial charge in [-0.3, -0.25) is 4.79 Å². The predicted octanol–water partition coefficient (Wildman–Crippen LogP) is 4.54. The van der Waals surface area contributed by atoms with Crippen LogP contribution in [0.3, 0.4) is 0 Å². The fourth-order valence-corrected chi connectivity index (χ4v) is 4.75. The summed E-state index contributed by atoms with van der Waals surface area (Å²) < 4.78 is 39.1. The zero-order chi connectivity index (χ0) is 24.0. The summed E-state index contributed by atoms with van der Waals surface area (Å²) in [6.45, 7) is 0. The number of hydrogen-bond donors (Lipinski definition) is 2. The third-order valence-corrected chi connectivity index (χ3v) is 6.77. The molecule has 0 heterocycles. The van der Waals surface area contributed by atoms with Crippen molar-refractivity contribution in [3.8, 4) is 11.5 Å².